The molecule has 1 fully saturated rings. The first-order valence-corrected chi connectivity index (χ1v) is 5.08. The van der Waals surface area contributed by atoms with E-state index in [1.54, 1.807) is 0 Å². The van der Waals surface area contributed by atoms with Crippen molar-refractivity contribution in [3.63, 3.8) is 0 Å². The van der Waals surface area contributed by atoms with Gasteiger partial charge in [0.2, 0.25) is 0 Å². The zero-order valence-corrected chi connectivity index (χ0v) is 8.97. The zero-order chi connectivity index (χ0) is 11.0. The largest absolute Gasteiger partial charge is 0.389 e. The number of likely N-dealkylation sites (tertiary alicyclic amines) is 1. The number of β-amino-alcohol motifs (C(OH)–C–C–N with tert-alkyl or cyclic N) is 2. The third kappa shape index (κ3) is 2.04. The summed E-state index contributed by atoms with van der Waals surface area (Å²) in [5.74, 6) is 0.809. The van der Waals surface area contributed by atoms with Crippen LogP contribution in [0.5, 0.6) is 0 Å². The van der Waals surface area contributed by atoms with Crippen molar-refractivity contribution in [1.82, 2.24) is 10.1 Å². The van der Waals surface area contributed by atoms with Gasteiger partial charge in [-0.3, -0.25) is 4.90 Å². The van der Waals surface area contributed by atoms with E-state index in [-0.39, 0.29) is 0 Å². The molecule has 0 amide bonds. The normalized spacial score (nSPS) is 27.5. The third-order valence-electron chi connectivity index (χ3n) is 2.90. The van der Waals surface area contributed by atoms with Gasteiger partial charge in [-0.05, 0) is 13.8 Å². The van der Waals surface area contributed by atoms with E-state index in [4.69, 9.17) is 4.52 Å². The van der Waals surface area contributed by atoms with Crippen LogP contribution in [0.1, 0.15) is 17.0 Å². The Morgan fingerprint density at radius 1 is 1.33 bits per heavy atom. The summed E-state index contributed by atoms with van der Waals surface area (Å²) in [6.07, 6.45) is -1.27. The summed E-state index contributed by atoms with van der Waals surface area (Å²) in [4.78, 5) is 2.00. The summed E-state index contributed by atoms with van der Waals surface area (Å²) in [7, 11) is 0. The van der Waals surface area contributed by atoms with Crippen LogP contribution in [0.2, 0.25) is 0 Å². The SMILES string of the molecule is Cc1noc(C)c1CN1C[C@@H](O)[C@@H](O)C1. The van der Waals surface area contributed by atoms with Gasteiger partial charge in [0.1, 0.15) is 5.76 Å². The van der Waals surface area contributed by atoms with Crippen LogP contribution in [0, 0.1) is 13.8 Å². The monoisotopic (exact) mass is 212 g/mol. The van der Waals surface area contributed by atoms with E-state index in [9.17, 15) is 10.2 Å². The molecule has 2 rings (SSSR count). The van der Waals surface area contributed by atoms with Gasteiger partial charge in [0, 0.05) is 25.2 Å². The van der Waals surface area contributed by atoms with Gasteiger partial charge in [0.15, 0.2) is 0 Å². The molecule has 0 aliphatic carbocycles. The third-order valence-corrected chi connectivity index (χ3v) is 2.90. The maximum absolute atomic E-state index is 9.40. The Morgan fingerprint density at radius 3 is 2.40 bits per heavy atom. The fourth-order valence-corrected chi connectivity index (χ4v) is 1.93. The second kappa shape index (κ2) is 3.92. The number of aliphatic hydroxyl groups is 2. The lowest BCUT2D eigenvalue weighted by Crippen LogP contribution is -2.22. The fourth-order valence-electron chi connectivity index (χ4n) is 1.93. The van der Waals surface area contributed by atoms with Gasteiger partial charge < -0.3 is 14.7 Å². The highest BCUT2D eigenvalue weighted by atomic mass is 16.5. The highest BCUT2D eigenvalue weighted by molar-refractivity contribution is 5.20. The van der Waals surface area contributed by atoms with E-state index in [2.05, 4.69) is 5.16 Å². The molecule has 2 N–H and O–H groups in total. The minimum atomic E-state index is -0.634. The molecule has 5 heteroatoms. The Bertz CT molecular complexity index is 321. The number of nitrogens with zero attached hydrogens (tertiary/aromatic N) is 2. The Hall–Kier alpha value is -0.910. The van der Waals surface area contributed by atoms with Crippen molar-refractivity contribution in [3.8, 4) is 0 Å². The number of hydrogen-bond donors (Lipinski definition) is 2. The van der Waals surface area contributed by atoms with Crippen molar-refractivity contribution in [2.24, 2.45) is 0 Å². The predicted octanol–water partition coefficient (Wildman–Crippen LogP) is -0.171. The average Bonchev–Trinajstić information content (AvgIpc) is 2.64. The van der Waals surface area contributed by atoms with Crippen LogP contribution < -0.4 is 0 Å². The summed E-state index contributed by atoms with van der Waals surface area (Å²) < 4.78 is 5.06. The van der Waals surface area contributed by atoms with Crippen molar-refractivity contribution in [1.29, 1.82) is 0 Å². The predicted molar refractivity (Wildman–Crippen MR) is 53.3 cm³/mol. The topological polar surface area (TPSA) is 69.7 Å². The Labute approximate surface area is 88.3 Å². The second-order valence-electron chi connectivity index (χ2n) is 4.13. The Balaban J connectivity index is 2.04. The fraction of sp³-hybridized carbons (Fsp3) is 0.700. The molecule has 1 aromatic heterocycles. The van der Waals surface area contributed by atoms with E-state index < -0.39 is 12.2 Å². The molecule has 5 nitrogen and oxygen atoms in total. The van der Waals surface area contributed by atoms with Crippen LogP contribution in [-0.4, -0.2) is 45.6 Å². The van der Waals surface area contributed by atoms with Gasteiger partial charge in [-0.2, -0.15) is 0 Å². The van der Waals surface area contributed by atoms with Gasteiger partial charge >= 0.3 is 0 Å². The smallest absolute Gasteiger partial charge is 0.138 e. The van der Waals surface area contributed by atoms with Crippen LogP contribution in [-0.2, 0) is 6.54 Å². The lowest BCUT2D eigenvalue weighted by atomic mass is 10.2. The maximum Gasteiger partial charge on any atom is 0.138 e. The molecule has 0 saturated carbocycles. The molecule has 0 radical (unpaired) electrons. The quantitative estimate of drug-likeness (QED) is 0.712. The van der Waals surface area contributed by atoms with Crippen molar-refractivity contribution >= 4 is 0 Å². The number of hydrogen-bond acceptors (Lipinski definition) is 5. The van der Waals surface area contributed by atoms with Gasteiger partial charge in [-0.1, -0.05) is 5.16 Å². The van der Waals surface area contributed by atoms with Crippen molar-refractivity contribution in [2.75, 3.05) is 13.1 Å². The summed E-state index contributed by atoms with van der Waals surface area (Å²) in [6, 6.07) is 0. The molecule has 1 saturated heterocycles. The molecular formula is C10H16N2O3. The summed E-state index contributed by atoms with van der Waals surface area (Å²) in [6.45, 7) is 5.46. The van der Waals surface area contributed by atoms with Crippen molar-refractivity contribution in [3.05, 3.63) is 17.0 Å². The molecular weight excluding hydrogens is 196 g/mol. The van der Waals surface area contributed by atoms with Gasteiger partial charge in [0.25, 0.3) is 0 Å². The first-order valence-electron chi connectivity index (χ1n) is 5.08. The zero-order valence-electron chi connectivity index (χ0n) is 8.97. The minimum Gasteiger partial charge on any atom is -0.389 e. The van der Waals surface area contributed by atoms with Crippen LogP contribution in [0.3, 0.4) is 0 Å². The molecule has 1 aliphatic rings. The minimum absolute atomic E-state index is 0.505. The molecule has 15 heavy (non-hydrogen) atoms. The van der Waals surface area contributed by atoms with E-state index in [0.717, 1.165) is 17.0 Å². The maximum atomic E-state index is 9.40. The lowest BCUT2D eigenvalue weighted by Gasteiger charge is -2.13. The molecule has 1 aromatic rings. The van der Waals surface area contributed by atoms with Crippen molar-refractivity contribution in [2.45, 2.75) is 32.6 Å². The number of rotatable bonds is 2. The molecule has 2 heterocycles. The molecule has 2 atom stereocenters. The summed E-state index contributed by atoms with van der Waals surface area (Å²) in [5, 5.41) is 22.7. The molecule has 1 aliphatic heterocycles. The summed E-state index contributed by atoms with van der Waals surface area (Å²) >= 11 is 0. The highest BCUT2D eigenvalue weighted by Gasteiger charge is 2.30. The molecule has 0 aromatic carbocycles. The molecule has 0 unspecified atom stereocenters. The molecule has 0 bridgehead atoms. The van der Waals surface area contributed by atoms with E-state index in [1.165, 1.54) is 0 Å². The van der Waals surface area contributed by atoms with E-state index >= 15 is 0 Å². The van der Waals surface area contributed by atoms with Gasteiger partial charge in [-0.25, -0.2) is 0 Å². The van der Waals surface area contributed by atoms with Crippen LogP contribution >= 0.6 is 0 Å². The van der Waals surface area contributed by atoms with Crippen LogP contribution in [0.15, 0.2) is 4.52 Å². The van der Waals surface area contributed by atoms with Crippen molar-refractivity contribution < 1.29 is 14.7 Å². The Kier molecular flexibility index (Phi) is 2.77. The standard InChI is InChI=1S/C10H16N2O3/c1-6-8(7(2)15-11-6)3-12-4-9(13)10(14)5-12/h9-10,13-14H,3-5H2,1-2H3/t9-,10+. The first-order chi connectivity index (χ1) is 7.08. The Morgan fingerprint density at radius 2 is 1.93 bits per heavy atom. The molecule has 84 valence electrons. The first kappa shape index (κ1) is 10.6. The highest BCUT2D eigenvalue weighted by Crippen LogP contribution is 2.18. The van der Waals surface area contributed by atoms with Crippen LogP contribution in [0.4, 0.5) is 0 Å². The summed E-state index contributed by atoms with van der Waals surface area (Å²) in [5.41, 5.74) is 1.93. The van der Waals surface area contributed by atoms with Gasteiger partial charge in [-0.15, -0.1) is 0 Å². The number of aryl methyl sites for hydroxylation is 2. The number of aromatic nitrogens is 1. The van der Waals surface area contributed by atoms with Gasteiger partial charge in [0.05, 0.1) is 17.9 Å². The molecule has 0 spiro atoms. The number of aliphatic hydroxyl groups excluding tert-OH is 2. The lowest BCUT2D eigenvalue weighted by molar-refractivity contribution is 0.0572. The van der Waals surface area contributed by atoms with Crippen LogP contribution in [0.25, 0.3) is 0 Å². The second-order valence-corrected chi connectivity index (χ2v) is 4.13. The van der Waals surface area contributed by atoms with E-state index in [0.29, 0.717) is 19.6 Å². The van der Waals surface area contributed by atoms with E-state index in [1.807, 2.05) is 18.7 Å². The average molecular weight is 212 g/mol.